The lowest BCUT2D eigenvalue weighted by molar-refractivity contribution is 0.335. The summed E-state index contributed by atoms with van der Waals surface area (Å²) >= 11 is 8.30. The molecule has 0 aliphatic carbocycles. The lowest BCUT2D eigenvalue weighted by atomic mass is 10.3. The van der Waals surface area contributed by atoms with Crippen molar-refractivity contribution in [3.8, 4) is 0 Å². The van der Waals surface area contributed by atoms with Crippen LogP contribution < -0.4 is 5.32 Å². The van der Waals surface area contributed by atoms with Gasteiger partial charge < -0.3 is 10.1 Å². The Bertz CT molecular complexity index is 303. The molecule has 0 spiro atoms. The van der Waals surface area contributed by atoms with Crippen LogP contribution in [-0.4, -0.2) is 11.8 Å². The summed E-state index contributed by atoms with van der Waals surface area (Å²) in [5, 5.41) is 3.37. The molecule has 1 N–H and O–H groups in total. The van der Waals surface area contributed by atoms with Crippen molar-refractivity contribution in [3.63, 3.8) is 0 Å². The number of nitrogens with one attached hydrogen (secondary N) is 1. The molecule has 0 saturated heterocycles. The summed E-state index contributed by atoms with van der Waals surface area (Å²) in [4.78, 5) is 0. The van der Waals surface area contributed by atoms with Gasteiger partial charge in [-0.3, -0.25) is 0 Å². The van der Waals surface area contributed by atoms with E-state index in [1.165, 1.54) is 0 Å². The Labute approximate surface area is 91.4 Å². The molecule has 0 unspecified atom stereocenters. The van der Waals surface area contributed by atoms with Crippen molar-refractivity contribution in [2.45, 2.75) is 6.92 Å². The zero-order chi connectivity index (χ0) is 9.68. The van der Waals surface area contributed by atoms with Crippen LogP contribution in [0, 0.1) is 0 Å². The highest BCUT2D eigenvalue weighted by Gasteiger charge is 1.96. The molecule has 1 aromatic rings. The van der Waals surface area contributed by atoms with Gasteiger partial charge in [0.2, 0.25) is 0 Å². The van der Waals surface area contributed by atoms with Gasteiger partial charge in [-0.2, -0.15) is 0 Å². The zero-order valence-corrected chi connectivity index (χ0v) is 9.61. The maximum Gasteiger partial charge on any atom is 0.261 e. The first-order chi connectivity index (χ1) is 6.22. The van der Waals surface area contributed by atoms with E-state index in [4.69, 9.17) is 17.0 Å². The second kappa shape index (κ2) is 5.19. The maximum absolute atomic E-state index is 5.09. The van der Waals surface area contributed by atoms with Crippen molar-refractivity contribution in [2.24, 2.45) is 0 Å². The molecular weight excluding hydrogens is 250 g/mol. The Kier molecular flexibility index (Phi) is 4.18. The van der Waals surface area contributed by atoms with Crippen LogP contribution >= 0.6 is 28.1 Å². The molecule has 1 rings (SSSR count). The quantitative estimate of drug-likeness (QED) is 0.825. The molecule has 2 nitrogen and oxygen atoms in total. The van der Waals surface area contributed by atoms with Gasteiger partial charge in [0, 0.05) is 10.2 Å². The molecule has 13 heavy (non-hydrogen) atoms. The summed E-state index contributed by atoms with van der Waals surface area (Å²) in [6.45, 7) is 2.48. The molecule has 0 bridgehead atoms. The molecule has 0 fully saturated rings. The maximum atomic E-state index is 5.09. The molecule has 0 aromatic heterocycles. The van der Waals surface area contributed by atoms with Crippen molar-refractivity contribution in [2.75, 3.05) is 11.9 Å². The van der Waals surface area contributed by atoms with E-state index < -0.39 is 0 Å². The fourth-order valence-corrected chi connectivity index (χ4v) is 1.49. The lowest BCUT2D eigenvalue weighted by Crippen LogP contribution is -2.12. The molecule has 4 heteroatoms. The van der Waals surface area contributed by atoms with Gasteiger partial charge in [0.05, 0.1) is 6.61 Å². The minimum absolute atomic E-state index is 0.403. The predicted octanol–water partition coefficient (Wildman–Crippen LogP) is 3.18. The summed E-state index contributed by atoms with van der Waals surface area (Å²) in [5.74, 6) is 0. The van der Waals surface area contributed by atoms with Gasteiger partial charge in [0.15, 0.2) is 0 Å². The summed E-state index contributed by atoms with van der Waals surface area (Å²) in [7, 11) is 0. The SMILES string of the molecule is CCOC(=S)Nc1cccc(Br)c1. The van der Waals surface area contributed by atoms with Gasteiger partial charge >= 0.3 is 0 Å². The smallest absolute Gasteiger partial charge is 0.261 e. The van der Waals surface area contributed by atoms with Gasteiger partial charge in [-0.05, 0) is 37.3 Å². The van der Waals surface area contributed by atoms with Gasteiger partial charge in [0.25, 0.3) is 5.17 Å². The summed E-state index contributed by atoms with van der Waals surface area (Å²) < 4.78 is 6.10. The minimum atomic E-state index is 0.403. The molecule has 0 radical (unpaired) electrons. The molecule has 70 valence electrons. The highest BCUT2D eigenvalue weighted by Crippen LogP contribution is 2.15. The Hall–Kier alpha value is -0.610. The third-order valence-corrected chi connectivity index (χ3v) is 2.06. The minimum Gasteiger partial charge on any atom is -0.471 e. The summed E-state index contributed by atoms with van der Waals surface area (Å²) in [5.41, 5.74) is 0.924. The van der Waals surface area contributed by atoms with E-state index >= 15 is 0 Å². The van der Waals surface area contributed by atoms with Crippen LogP contribution in [0.2, 0.25) is 0 Å². The van der Waals surface area contributed by atoms with E-state index in [-0.39, 0.29) is 0 Å². The third kappa shape index (κ3) is 3.74. The van der Waals surface area contributed by atoms with Crippen molar-refractivity contribution in [1.29, 1.82) is 0 Å². The Morgan fingerprint density at radius 2 is 2.38 bits per heavy atom. The van der Waals surface area contributed by atoms with Crippen LogP contribution in [0.5, 0.6) is 0 Å². The first-order valence-electron chi connectivity index (χ1n) is 3.91. The number of halogens is 1. The van der Waals surface area contributed by atoms with E-state index in [9.17, 15) is 0 Å². The van der Waals surface area contributed by atoms with Gasteiger partial charge in [-0.15, -0.1) is 0 Å². The molecule has 0 aliphatic rings. The van der Waals surface area contributed by atoms with E-state index in [1.807, 2.05) is 31.2 Å². The topological polar surface area (TPSA) is 21.3 Å². The highest BCUT2D eigenvalue weighted by atomic mass is 79.9. The molecule has 0 atom stereocenters. The van der Waals surface area contributed by atoms with E-state index in [0.717, 1.165) is 10.2 Å². The van der Waals surface area contributed by atoms with Gasteiger partial charge in [0.1, 0.15) is 0 Å². The van der Waals surface area contributed by atoms with Gasteiger partial charge in [-0.1, -0.05) is 22.0 Å². The average molecular weight is 260 g/mol. The van der Waals surface area contributed by atoms with Crippen LogP contribution in [0.25, 0.3) is 0 Å². The fourth-order valence-electron chi connectivity index (χ4n) is 0.851. The van der Waals surface area contributed by atoms with Gasteiger partial charge in [-0.25, -0.2) is 0 Å². The lowest BCUT2D eigenvalue weighted by Gasteiger charge is -2.07. The monoisotopic (exact) mass is 259 g/mol. The number of thiocarbonyl (C=S) groups is 1. The second-order valence-electron chi connectivity index (χ2n) is 2.36. The number of hydrogen-bond acceptors (Lipinski definition) is 2. The van der Waals surface area contributed by atoms with Crippen molar-refractivity contribution < 1.29 is 4.74 Å². The summed E-state index contributed by atoms with van der Waals surface area (Å²) in [6, 6.07) is 7.75. The first-order valence-corrected chi connectivity index (χ1v) is 5.12. The highest BCUT2D eigenvalue weighted by molar-refractivity contribution is 9.10. The Morgan fingerprint density at radius 1 is 1.62 bits per heavy atom. The van der Waals surface area contributed by atoms with E-state index in [2.05, 4.69) is 21.2 Å². The standard InChI is InChI=1S/C9H10BrNOS/c1-2-12-9(13)11-8-5-3-4-7(10)6-8/h3-6H,2H2,1H3,(H,11,13). The van der Waals surface area contributed by atoms with Crippen LogP contribution in [0.3, 0.4) is 0 Å². The molecule has 1 aromatic carbocycles. The first kappa shape index (κ1) is 10.5. The summed E-state index contributed by atoms with van der Waals surface area (Å²) in [6.07, 6.45) is 0. The Balaban J connectivity index is 2.58. The third-order valence-electron chi connectivity index (χ3n) is 1.35. The second-order valence-corrected chi connectivity index (χ2v) is 3.64. The molecular formula is C9H10BrNOS. The van der Waals surface area contributed by atoms with E-state index in [1.54, 1.807) is 0 Å². The molecule has 0 amide bonds. The number of anilines is 1. The zero-order valence-electron chi connectivity index (χ0n) is 7.21. The number of ether oxygens (including phenoxy) is 1. The van der Waals surface area contributed by atoms with Crippen LogP contribution in [0.15, 0.2) is 28.7 Å². The largest absolute Gasteiger partial charge is 0.471 e. The number of rotatable bonds is 2. The fraction of sp³-hybridized carbons (Fsp3) is 0.222. The average Bonchev–Trinajstić information content (AvgIpc) is 2.04. The predicted molar refractivity (Wildman–Crippen MR) is 62.0 cm³/mol. The number of hydrogen-bond donors (Lipinski definition) is 1. The van der Waals surface area contributed by atoms with Crippen LogP contribution in [0.4, 0.5) is 5.69 Å². The molecule has 0 aliphatic heterocycles. The Morgan fingerprint density at radius 3 is 3.00 bits per heavy atom. The van der Waals surface area contributed by atoms with Crippen LogP contribution in [0.1, 0.15) is 6.92 Å². The van der Waals surface area contributed by atoms with Crippen LogP contribution in [-0.2, 0) is 4.74 Å². The van der Waals surface area contributed by atoms with Crippen molar-refractivity contribution >= 4 is 39.0 Å². The molecule has 0 heterocycles. The van der Waals surface area contributed by atoms with Crippen molar-refractivity contribution in [1.82, 2.24) is 0 Å². The molecule has 0 saturated carbocycles. The normalized spacial score (nSPS) is 9.38. The van der Waals surface area contributed by atoms with Crippen molar-refractivity contribution in [3.05, 3.63) is 28.7 Å². The number of benzene rings is 1. The van der Waals surface area contributed by atoms with E-state index in [0.29, 0.717) is 11.8 Å².